The molecule has 7 heteroatoms. The summed E-state index contributed by atoms with van der Waals surface area (Å²) in [5.74, 6) is -0.419. The van der Waals surface area contributed by atoms with Crippen molar-refractivity contribution in [2.75, 3.05) is 5.32 Å². The first-order valence-corrected chi connectivity index (χ1v) is 10.9. The van der Waals surface area contributed by atoms with Crippen LogP contribution in [0.2, 0.25) is 0 Å². The summed E-state index contributed by atoms with van der Waals surface area (Å²) in [5.41, 5.74) is 3.69. The maximum atomic E-state index is 13.8. The van der Waals surface area contributed by atoms with Gasteiger partial charge in [0.05, 0.1) is 0 Å². The number of hydrogen-bond donors (Lipinski definition) is 2. The van der Waals surface area contributed by atoms with Crippen LogP contribution in [-0.2, 0) is 17.9 Å². The minimum absolute atomic E-state index is 0.0314. The molecule has 6 nitrogen and oxygen atoms in total. The third-order valence-corrected chi connectivity index (χ3v) is 5.78. The first-order chi connectivity index (χ1) is 16.1. The van der Waals surface area contributed by atoms with Crippen molar-refractivity contribution in [3.8, 4) is 0 Å². The Kier molecular flexibility index (Phi) is 5.60. The molecule has 166 valence electrons. The summed E-state index contributed by atoms with van der Waals surface area (Å²) in [7, 11) is 0. The molecule has 2 heterocycles. The van der Waals surface area contributed by atoms with Gasteiger partial charge in [-0.05, 0) is 72.5 Å². The summed E-state index contributed by atoms with van der Waals surface area (Å²) in [6.07, 6.45) is 5.22. The fourth-order valence-electron chi connectivity index (χ4n) is 3.89. The number of amides is 2. The smallest absolute Gasteiger partial charge is 0.268 e. The summed E-state index contributed by atoms with van der Waals surface area (Å²) in [4.78, 5) is 29.3. The predicted octanol–water partition coefficient (Wildman–Crippen LogP) is 4.50. The monoisotopic (exact) mass is 442 g/mol. The highest BCUT2D eigenvalue weighted by molar-refractivity contribution is 6.01. The van der Waals surface area contributed by atoms with Gasteiger partial charge in [0.15, 0.2) is 0 Å². The molecule has 1 aliphatic rings. The second-order valence-corrected chi connectivity index (χ2v) is 8.32. The van der Waals surface area contributed by atoms with Gasteiger partial charge in [-0.25, -0.2) is 4.39 Å². The lowest BCUT2D eigenvalue weighted by Gasteiger charge is -2.12. The number of rotatable bonds is 7. The van der Waals surface area contributed by atoms with Crippen molar-refractivity contribution < 1.29 is 14.0 Å². The highest BCUT2D eigenvalue weighted by atomic mass is 19.1. The number of halogens is 1. The molecule has 0 aliphatic heterocycles. The number of hydrogen-bond acceptors (Lipinski definition) is 3. The van der Waals surface area contributed by atoms with Crippen LogP contribution >= 0.6 is 0 Å². The Labute approximate surface area is 190 Å². The number of carbonyl (C=O) groups is 2. The summed E-state index contributed by atoms with van der Waals surface area (Å²) >= 11 is 0. The zero-order chi connectivity index (χ0) is 22.8. The average molecular weight is 442 g/mol. The second kappa shape index (κ2) is 8.86. The molecule has 0 atom stereocenters. The molecule has 33 heavy (non-hydrogen) atoms. The molecule has 0 saturated heterocycles. The van der Waals surface area contributed by atoms with Crippen LogP contribution < -0.4 is 10.6 Å². The number of nitrogens with zero attached hydrogens (tertiary/aromatic N) is 2. The zero-order valence-corrected chi connectivity index (χ0v) is 17.9. The van der Waals surface area contributed by atoms with E-state index in [1.54, 1.807) is 18.5 Å². The van der Waals surface area contributed by atoms with Crippen LogP contribution in [-0.4, -0.2) is 21.4 Å². The Hall–Kier alpha value is -4.00. The van der Waals surface area contributed by atoms with E-state index in [0.29, 0.717) is 24.5 Å². The van der Waals surface area contributed by atoms with Crippen LogP contribution in [0.1, 0.15) is 34.5 Å². The minimum atomic E-state index is -0.322. The highest BCUT2D eigenvalue weighted by Gasteiger charge is 2.29. The van der Waals surface area contributed by atoms with Crippen LogP contribution in [0.15, 0.2) is 73.1 Å². The fourth-order valence-corrected chi connectivity index (χ4v) is 3.89. The lowest BCUT2D eigenvalue weighted by Crippen LogP contribution is -2.25. The topological polar surface area (TPSA) is 76.0 Å². The van der Waals surface area contributed by atoms with Gasteiger partial charge in [-0.1, -0.05) is 12.1 Å². The van der Waals surface area contributed by atoms with E-state index in [2.05, 4.69) is 15.6 Å². The number of carbonyl (C=O) groups excluding carboxylic acids is 2. The Morgan fingerprint density at radius 1 is 1.00 bits per heavy atom. The predicted molar refractivity (Wildman–Crippen MR) is 124 cm³/mol. The summed E-state index contributed by atoms with van der Waals surface area (Å²) < 4.78 is 15.7. The maximum Gasteiger partial charge on any atom is 0.268 e. The van der Waals surface area contributed by atoms with Gasteiger partial charge in [-0.15, -0.1) is 0 Å². The Balaban J connectivity index is 1.47. The van der Waals surface area contributed by atoms with Gasteiger partial charge in [0.25, 0.3) is 5.91 Å². The van der Waals surface area contributed by atoms with Gasteiger partial charge in [-0.2, -0.15) is 0 Å². The van der Waals surface area contributed by atoms with E-state index < -0.39 is 0 Å². The van der Waals surface area contributed by atoms with Crippen LogP contribution in [0.25, 0.3) is 10.9 Å². The third-order valence-electron chi connectivity index (χ3n) is 5.78. The quantitative estimate of drug-likeness (QED) is 0.442. The molecule has 2 aromatic carbocycles. The lowest BCUT2D eigenvalue weighted by atomic mass is 10.2. The van der Waals surface area contributed by atoms with Crippen molar-refractivity contribution in [2.24, 2.45) is 5.92 Å². The molecule has 5 rings (SSSR count). The van der Waals surface area contributed by atoms with E-state index in [1.807, 2.05) is 47.0 Å². The molecule has 2 N–H and O–H groups in total. The number of benzene rings is 2. The first-order valence-electron chi connectivity index (χ1n) is 10.9. The third kappa shape index (κ3) is 4.77. The van der Waals surface area contributed by atoms with Gasteiger partial charge < -0.3 is 15.2 Å². The number of aromatic nitrogens is 2. The van der Waals surface area contributed by atoms with E-state index in [-0.39, 0.29) is 23.5 Å². The van der Waals surface area contributed by atoms with Crippen LogP contribution in [0.3, 0.4) is 0 Å². The SMILES string of the molecule is O=C(NCc1ccncc1)c1cc2cc(NC(=O)C3CC3)ccc2n1Cc1cccc(F)c1. The Morgan fingerprint density at radius 2 is 1.82 bits per heavy atom. The first kappa shape index (κ1) is 20.9. The number of fused-ring (bicyclic) bond motifs is 1. The normalized spacial score (nSPS) is 13.1. The van der Waals surface area contributed by atoms with E-state index >= 15 is 0 Å². The van der Waals surface area contributed by atoms with Gasteiger partial charge in [0, 0.05) is 48.0 Å². The summed E-state index contributed by atoms with van der Waals surface area (Å²) in [6.45, 7) is 0.707. The minimum Gasteiger partial charge on any atom is -0.347 e. The summed E-state index contributed by atoms with van der Waals surface area (Å²) in [6, 6.07) is 17.4. The fraction of sp³-hybridized carbons (Fsp3) is 0.192. The maximum absolute atomic E-state index is 13.8. The standard InChI is InChI=1S/C26H23FN4O2/c27-21-3-1-2-18(12-21)16-31-23-7-6-22(30-25(32)19-4-5-19)13-20(23)14-24(31)26(33)29-15-17-8-10-28-11-9-17/h1-3,6-14,19H,4-5,15-16H2,(H,29,33)(H,30,32). The molecule has 2 aromatic heterocycles. The Bertz CT molecular complexity index is 1330. The molecule has 0 radical (unpaired) electrons. The van der Waals surface area contributed by atoms with Gasteiger partial charge >= 0.3 is 0 Å². The molecular formula is C26H23FN4O2. The van der Waals surface area contributed by atoms with Crippen molar-refractivity contribution in [1.29, 1.82) is 0 Å². The van der Waals surface area contributed by atoms with Crippen molar-refractivity contribution in [3.05, 3.63) is 95.7 Å². The molecule has 2 amide bonds. The number of nitrogens with one attached hydrogen (secondary N) is 2. The number of anilines is 1. The second-order valence-electron chi connectivity index (χ2n) is 8.32. The van der Waals surface area contributed by atoms with E-state index in [4.69, 9.17) is 0 Å². The van der Waals surface area contributed by atoms with Gasteiger partial charge in [0.1, 0.15) is 11.5 Å². The molecule has 0 spiro atoms. The van der Waals surface area contributed by atoms with Crippen LogP contribution in [0, 0.1) is 11.7 Å². The van der Waals surface area contributed by atoms with Crippen molar-refractivity contribution in [2.45, 2.75) is 25.9 Å². The molecular weight excluding hydrogens is 419 g/mol. The van der Waals surface area contributed by atoms with Crippen molar-refractivity contribution >= 4 is 28.4 Å². The highest BCUT2D eigenvalue weighted by Crippen LogP contribution is 2.31. The molecule has 0 bridgehead atoms. The molecule has 0 unspecified atom stereocenters. The molecule has 1 aliphatic carbocycles. The zero-order valence-electron chi connectivity index (χ0n) is 17.9. The van der Waals surface area contributed by atoms with E-state index in [0.717, 1.165) is 34.9 Å². The number of pyridine rings is 1. The van der Waals surface area contributed by atoms with Crippen LogP contribution in [0.5, 0.6) is 0 Å². The molecule has 1 fully saturated rings. The Morgan fingerprint density at radius 3 is 2.58 bits per heavy atom. The van der Waals surface area contributed by atoms with Gasteiger partial charge in [0.2, 0.25) is 5.91 Å². The van der Waals surface area contributed by atoms with Crippen molar-refractivity contribution in [3.63, 3.8) is 0 Å². The van der Waals surface area contributed by atoms with Gasteiger partial charge in [-0.3, -0.25) is 14.6 Å². The van der Waals surface area contributed by atoms with Crippen LogP contribution in [0.4, 0.5) is 10.1 Å². The van der Waals surface area contributed by atoms with E-state index in [1.165, 1.54) is 12.1 Å². The van der Waals surface area contributed by atoms with Crippen molar-refractivity contribution in [1.82, 2.24) is 14.9 Å². The molecule has 1 saturated carbocycles. The average Bonchev–Trinajstić information content (AvgIpc) is 3.61. The summed E-state index contributed by atoms with van der Waals surface area (Å²) in [5, 5.41) is 6.73. The van der Waals surface area contributed by atoms with E-state index in [9.17, 15) is 14.0 Å². The largest absolute Gasteiger partial charge is 0.347 e. The lowest BCUT2D eigenvalue weighted by molar-refractivity contribution is -0.117. The molecule has 4 aromatic rings.